The molecule has 0 spiro atoms. The first kappa shape index (κ1) is 19.7. The monoisotopic (exact) mass is 413 g/mol. The lowest BCUT2D eigenvalue weighted by molar-refractivity contribution is -0.914. The van der Waals surface area contributed by atoms with E-state index in [-0.39, 0.29) is 0 Å². The molecule has 1 saturated heterocycles. The number of rotatable bonds is 6. The van der Waals surface area contributed by atoms with E-state index in [1.807, 2.05) is 17.8 Å². The van der Waals surface area contributed by atoms with Gasteiger partial charge in [-0.05, 0) is 18.9 Å². The van der Waals surface area contributed by atoms with Gasteiger partial charge < -0.3 is 9.80 Å². The number of quaternary nitrogens is 1. The largest absolute Gasteiger partial charge is 0.345 e. The molecule has 0 saturated carbocycles. The third-order valence-corrected chi connectivity index (χ3v) is 6.11. The Morgan fingerprint density at radius 2 is 1.55 bits per heavy atom. The molecule has 158 valence electrons. The van der Waals surface area contributed by atoms with Gasteiger partial charge in [0.2, 0.25) is 0 Å². The molecule has 2 aromatic carbocycles. The fourth-order valence-electron chi connectivity index (χ4n) is 4.43. The van der Waals surface area contributed by atoms with Crippen LogP contribution in [0.2, 0.25) is 0 Å². The van der Waals surface area contributed by atoms with Gasteiger partial charge in [0, 0.05) is 12.1 Å². The van der Waals surface area contributed by atoms with Crippen LogP contribution in [-0.4, -0.2) is 45.9 Å². The zero-order valence-corrected chi connectivity index (χ0v) is 18.0. The van der Waals surface area contributed by atoms with Crippen molar-refractivity contribution in [2.24, 2.45) is 0 Å². The predicted molar refractivity (Wildman–Crippen MR) is 123 cm³/mol. The van der Waals surface area contributed by atoms with Crippen molar-refractivity contribution in [3.05, 3.63) is 83.8 Å². The van der Waals surface area contributed by atoms with Crippen LogP contribution >= 0.6 is 0 Å². The minimum absolute atomic E-state index is 0.808. The molecule has 3 heterocycles. The van der Waals surface area contributed by atoms with Gasteiger partial charge in [-0.3, -0.25) is 0 Å². The average molecular weight is 414 g/mol. The van der Waals surface area contributed by atoms with Crippen LogP contribution in [0.3, 0.4) is 0 Å². The van der Waals surface area contributed by atoms with E-state index in [1.54, 1.807) is 4.90 Å². The average Bonchev–Trinajstić information content (AvgIpc) is 3.22. The van der Waals surface area contributed by atoms with Crippen LogP contribution in [0.5, 0.6) is 0 Å². The van der Waals surface area contributed by atoms with Crippen LogP contribution in [0.4, 0.5) is 5.82 Å². The Hall–Kier alpha value is -3.25. The Bertz CT molecular complexity index is 1130. The fraction of sp³-hybridized carbons (Fsp3) is 0.320. The molecule has 1 fully saturated rings. The van der Waals surface area contributed by atoms with Gasteiger partial charge in [0.05, 0.1) is 37.8 Å². The number of fused-ring (bicyclic) bond motifs is 1. The fourth-order valence-corrected chi connectivity index (χ4v) is 4.43. The van der Waals surface area contributed by atoms with Crippen LogP contribution in [0.25, 0.3) is 11.0 Å². The van der Waals surface area contributed by atoms with Crippen LogP contribution in [0.1, 0.15) is 17.0 Å². The van der Waals surface area contributed by atoms with Gasteiger partial charge >= 0.3 is 0 Å². The number of aromatic nitrogens is 4. The van der Waals surface area contributed by atoms with Gasteiger partial charge in [0.1, 0.15) is 18.2 Å². The summed E-state index contributed by atoms with van der Waals surface area (Å²) in [7, 11) is 0. The van der Waals surface area contributed by atoms with E-state index in [0.717, 1.165) is 68.4 Å². The second-order valence-electron chi connectivity index (χ2n) is 8.33. The molecule has 5 rings (SSSR count). The first-order chi connectivity index (χ1) is 15.3. The minimum Gasteiger partial charge on any atom is -0.345 e. The molecule has 31 heavy (non-hydrogen) atoms. The summed E-state index contributed by atoms with van der Waals surface area (Å²) in [6, 6.07) is 21.3. The molecular formula is C25H29N6+. The predicted octanol–water partition coefficient (Wildman–Crippen LogP) is 2.28. The number of piperazine rings is 1. The van der Waals surface area contributed by atoms with Crippen molar-refractivity contribution in [1.29, 1.82) is 0 Å². The van der Waals surface area contributed by atoms with Crippen molar-refractivity contribution in [2.45, 2.75) is 26.4 Å². The van der Waals surface area contributed by atoms with E-state index < -0.39 is 0 Å². The summed E-state index contributed by atoms with van der Waals surface area (Å²) < 4.78 is 2.03. The molecule has 0 bridgehead atoms. The minimum atomic E-state index is 0.808. The Kier molecular flexibility index (Phi) is 5.63. The summed E-state index contributed by atoms with van der Waals surface area (Å²) in [6.45, 7) is 8.12. The van der Waals surface area contributed by atoms with E-state index >= 15 is 0 Å². The molecule has 1 N–H and O–H groups in total. The van der Waals surface area contributed by atoms with Crippen LogP contribution in [-0.2, 0) is 19.5 Å². The van der Waals surface area contributed by atoms with Crippen molar-refractivity contribution < 1.29 is 4.90 Å². The molecule has 0 aliphatic carbocycles. The highest BCUT2D eigenvalue weighted by atomic mass is 15.3. The SMILES string of the molecule is Cc1nc(N2CC[NH+](Cc3ccccc3)CC2)c2cnn(CCc3ccccc3)c2n1. The van der Waals surface area contributed by atoms with Crippen molar-refractivity contribution in [3.8, 4) is 0 Å². The van der Waals surface area contributed by atoms with Crippen LogP contribution in [0, 0.1) is 6.92 Å². The van der Waals surface area contributed by atoms with Crippen molar-refractivity contribution in [1.82, 2.24) is 19.7 Å². The molecule has 0 amide bonds. The number of benzene rings is 2. The topological polar surface area (TPSA) is 51.3 Å². The lowest BCUT2D eigenvalue weighted by Gasteiger charge is -2.33. The van der Waals surface area contributed by atoms with E-state index in [4.69, 9.17) is 9.97 Å². The zero-order chi connectivity index (χ0) is 21.0. The van der Waals surface area contributed by atoms with Gasteiger partial charge in [-0.15, -0.1) is 0 Å². The van der Waals surface area contributed by atoms with Gasteiger partial charge in [0.15, 0.2) is 5.65 Å². The summed E-state index contributed by atoms with van der Waals surface area (Å²) in [5.41, 5.74) is 3.66. The molecule has 4 aromatic rings. The van der Waals surface area contributed by atoms with E-state index in [2.05, 4.69) is 70.7 Å². The van der Waals surface area contributed by atoms with Crippen LogP contribution in [0.15, 0.2) is 66.9 Å². The first-order valence-electron chi connectivity index (χ1n) is 11.1. The Labute approximate surface area is 183 Å². The molecule has 0 unspecified atom stereocenters. The number of hydrogen-bond acceptors (Lipinski definition) is 4. The summed E-state index contributed by atoms with van der Waals surface area (Å²) in [6.07, 6.45) is 2.88. The lowest BCUT2D eigenvalue weighted by atomic mass is 10.1. The first-order valence-corrected chi connectivity index (χ1v) is 11.1. The second-order valence-corrected chi connectivity index (χ2v) is 8.33. The van der Waals surface area contributed by atoms with E-state index in [1.165, 1.54) is 11.1 Å². The maximum atomic E-state index is 4.82. The van der Waals surface area contributed by atoms with Crippen LogP contribution < -0.4 is 9.80 Å². The quantitative estimate of drug-likeness (QED) is 0.527. The molecular weight excluding hydrogens is 384 g/mol. The van der Waals surface area contributed by atoms with Gasteiger partial charge in [-0.25, -0.2) is 14.6 Å². The molecule has 1 aliphatic heterocycles. The molecule has 1 aliphatic rings. The normalized spacial score (nSPS) is 14.9. The Balaban J connectivity index is 1.30. The number of nitrogens with one attached hydrogen (secondary N) is 1. The number of anilines is 1. The molecule has 6 nitrogen and oxygen atoms in total. The van der Waals surface area contributed by atoms with Gasteiger partial charge in [-0.1, -0.05) is 60.7 Å². The summed E-state index contributed by atoms with van der Waals surface area (Å²) in [5, 5.41) is 5.72. The number of hydrogen-bond donors (Lipinski definition) is 1. The third kappa shape index (κ3) is 4.44. The summed E-state index contributed by atoms with van der Waals surface area (Å²) in [4.78, 5) is 13.6. The highest BCUT2D eigenvalue weighted by Gasteiger charge is 2.24. The smallest absolute Gasteiger partial charge is 0.163 e. The number of aryl methyl sites for hydroxylation is 3. The molecule has 0 atom stereocenters. The van der Waals surface area contributed by atoms with Gasteiger partial charge in [0.25, 0.3) is 0 Å². The van der Waals surface area contributed by atoms with Gasteiger partial charge in [-0.2, -0.15) is 5.10 Å². The molecule has 2 aromatic heterocycles. The summed E-state index contributed by atoms with van der Waals surface area (Å²) >= 11 is 0. The highest BCUT2D eigenvalue weighted by Crippen LogP contribution is 2.24. The van der Waals surface area contributed by atoms with E-state index in [9.17, 15) is 0 Å². The Morgan fingerprint density at radius 1 is 0.871 bits per heavy atom. The summed E-state index contributed by atoms with van der Waals surface area (Å²) in [5.74, 6) is 1.84. The maximum absolute atomic E-state index is 4.82. The van der Waals surface area contributed by atoms with Crippen molar-refractivity contribution in [3.63, 3.8) is 0 Å². The standard InChI is InChI=1S/C25H28N6/c1-20-27-24(30-16-14-29(15-17-30)19-22-10-6-3-7-11-22)23-18-26-31(25(23)28-20)13-12-21-8-4-2-5-9-21/h2-11,18H,12-17,19H2,1H3/p+1. The van der Waals surface area contributed by atoms with Crippen molar-refractivity contribution >= 4 is 16.9 Å². The lowest BCUT2D eigenvalue weighted by Crippen LogP contribution is -3.13. The highest BCUT2D eigenvalue weighted by molar-refractivity contribution is 5.87. The molecule has 6 heteroatoms. The number of nitrogens with zero attached hydrogens (tertiary/aromatic N) is 5. The zero-order valence-electron chi connectivity index (χ0n) is 18.0. The van der Waals surface area contributed by atoms with Crippen molar-refractivity contribution in [2.75, 3.05) is 31.1 Å². The second kappa shape index (κ2) is 8.86. The maximum Gasteiger partial charge on any atom is 0.163 e. The third-order valence-electron chi connectivity index (χ3n) is 6.11. The molecule has 0 radical (unpaired) electrons. The Morgan fingerprint density at radius 3 is 2.26 bits per heavy atom. The van der Waals surface area contributed by atoms with E-state index in [0.29, 0.717) is 0 Å².